The monoisotopic (exact) mass is 237 g/mol. The lowest BCUT2D eigenvalue weighted by Gasteiger charge is -2.16. The van der Waals surface area contributed by atoms with E-state index in [1.54, 1.807) is 14.1 Å². The standard InChI is InChI=1S/C11H19N5O/c1-7(2)9-10(12)14-6-15-11(9)13-5-8(17)16(3)4/h6-7H,5H2,1-4H3,(H3,12,13,14,15). The number of carbonyl (C=O) groups is 1. The Morgan fingerprint density at radius 2 is 2.12 bits per heavy atom. The van der Waals surface area contributed by atoms with E-state index in [0.29, 0.717) is 11.6 Å². The van der Waals surface area contributed by atoms with Crippen molar-refractivity contribution in [3.63, 3.8) is 0 Å². The number of hydrogen-bond acceptors (Lipinski definition) is 5. The van der Waals surface area contributed by atoms with Crippen molar-refractivity contribution in [1.82, 2.24) is 14.9 Å². The van der Waals surface area contributed by atoms with Gasteiger partial charge in [0.05, 0.1) is 6.54 Å². The van der Waals surface area contributed by atoms with Crippen molar-refractivity contribution < 1.29 is 4.79 Å². The average Bonchev–Trinajstić information content (AvgIpc) is 2.24. The first-order valence-corrected chi connectivity index (χ1v) is 5.47. The van der Waals surface area contributed by atoms with Crippen molar-refractivity contribution >= 4 is 17.5 Å². The van der Waals surface area contributed by atoms with Crippen LogP contribution in [0.5, 0.6) is 0 Å². The van der Waals surface area contributed by atoms with Crippen LogP contribution in [0.2, 0.25) is 0 Å². The van der Waals surface area contributed by atoms with Crippen LogP contribution >= 0.6 is 0 Å². The number of nitrogen functional groups attached to an aromatic ring is 1. The van der Waals surface area contributed by atoms with Crippen LogP contribution in [-0.4, -0.2) is 41.4 Å². The number of rotatable bonds is 4. The molecule has 1 rings (SSSR count). The molecule has 1 aromatic rings. The SMILES string of the molecule is CC(C)c1c(N)ncnc1NCC(=O)N(C)C. The second kappa shape index (κ2) is 5.47. The van der Waals surface area contributed by atoms with Gasteiger partial charge >= 0.3 is 0 Å². The van der Waals surface area contributed by atoms with Crippen molar-refractivity contribution in [3.8, 4) is 0 Å². The van der Waals surface area contributed by atoms with Gasteiger partial charge in [-0.1, -0.05) is 13.8 Å². The molecule has 6 nitrogen and oxygen atoms in total. The highest BCUT2D eigenvalue weighted by Gasteiger charge is 2.13. The van der Waals surface area contributed by atoms with Gasteiger partial charge in [0.1, 0.15) is 18.0 Å². The van der Waals surface area contributed by atoms with Gasteiger partial charge < -0.3 is 16.0 Å². The van der Waals surface area contributed by atoms with Gasteiger partial charge in [0.2, 0.25) is 5.91 Å². The number of nitrogens with one attached hydrogen (secondary N) is 1. The Hall–Kier alpha value is -1.85. The van der Waals surface area contributed by atoms with E-state index in [2.05, 4.69) is 15.3 Å². The summed E-state index contributed by atoms with van der Waals surface area (Å²) in [6.07, 6.45) is 1.39. The molecule has 0 saturated carbocycles. The molecular formula is C11H19N5O. The van der Waals surface area contributed by atoms with Crippen LogP contribution in [0.1, 0.15) is 25.3 Å². The summed E-state index contributed by atoms with van der Waals surface area (Å²) in [5.74, 6) is 1.27. The third-order valence-electron chi connectivity index (χ3n) is 2.40. The third kappa shape index (κ3) is 3.30. The molecule has 0 radical (unpaired) electrons. The maximum Gasteiger partial charge on any atom is 0.241 e. The Bertz CT molecular complexity index is 403. The van der Waals surface area contributed by atoms with Crippen LogP contribution < -0.4 is 11.1 Å². The quantitative estimate of drug-likeness (QED) is 0.804. The summed E-state index contributed by atoms with van der Waals surface area (Å²) in [6, 6.07) is 0. The van der Waals surface area contributed by atoms with Crippen LogP contribution in [0, 0.1) is 0 Å². The molecule has 3 N–H and O–H groups in total. The summed E-state index contributed by atoms with van der Waals surface area (Å²) in [5.41, 5.74) is 6.65. The Kier molecular flexibility index (Phi) is 4.25. The maximum atomic E-state index is 11.5. The molecule has 0 aliphatic rings. The molecule has 94 valence electrons. The zero-order valence-corrected chi connectivity index (χ0v) is 10.7. The van der Waals surface area contributed by atoms with Gasteiger partial charge in [-0.05, 0) is 5.92 Å². The van der Waals surface area contributed by atoms with Crippen molar-refractivity contribution in [2.24, 2.45) is 0 Å². The van der Waals surface area contributed by atoms with E-state index in [-0.39, 0.29) is 18.4 Å². The predicted molar refractivity (Wildman–Crippen MR) is 67.7 cm³/mol. The molecule has 0 unspecified atom stereocenters. The highest BCUT2D eigenvalue weighted by atomic mass is 16.2. The van der Waals surface area contributed by atoms with Gasteiger partial charge in [0.25, 0.3) is 0 Å². The molecule has 0 saturated heterocycles. The van der Waals surface area contributed by atoms with E-state index in [0.717, 1.165) is 5.56 Å². The molecule has 0 atom stereocenters. The van der Waals surface area contributed by atoms with Crippen LogP contribution in [0.25, 0.3) is 0 Å². The average molecular weight is 237 g/mol. The lowest BCUT2D eigenvalue weighted by Crippen LogP contribution is -2.29. The largest absolute Gasteiger partial charge is 0.383 e. The number of anilines is 2. The van der Waals surface area contributed by atoms with Gasteiger partial charge in [-0.15, -0.1) is 0 Å². The second-order valence-corrected chi connectivity index (χ2v) is 4.32. The summed E-state index contributed by atoms with van der Waals surface area (Å²) in [7, 11) is 3.42. The first kappa shape index (κ1) is 13.2. The number of carbonyl (C=O) groups excluding carboxylic acids is 1. The van der Waals surface area contributed by atoms with E-state index >= 15 is 0 Å². The molecule has 0 fully saturated rings. The molecule has 0 spiro atoms. The number of hydrogen-bond donors (Lipinski definition) is 2. The van der Waals surface area contributed by atoms with Crippen LogP contribution in [0.4, 0.5) is 11.6 Å². The fourth-order valence-electron chi connectivity index (χ4n) is 1.44. The highest BCUT2D eigenvalue weighted by Crippen LogP contribution is 2.25. The van der Waals surface area contributed by atoms with Crippen LogP contribution in [0.3, 0.4) is 0 Å². The number of likely N-dealkylation sites (N-methyl/N-ethyl adjacent to an activating group) is 1. The van der Waals surface area contributed by atoms with E-state index < -0.39 is 0 Å². The van der Waals surface area contributed by atoms with Gasteiger partial charge in [-0.2, -0.15) is 0 Å². The minimum absolute atomic E-state index is 0.0168. The maximum absolute atomic E-state index is 11.5. The van der Waals surface area contributed by atoms with E-state index in [1.807, 2.05) is 13.8 Å². The zero-order chi connectivity index (χ0) is 13.0. The van der Waals surface area contributed by atoms with Crippen LogP contribution in [0.15, 0.2) is 6.33 Å². The minimum Gasteiger partial charge on any atom is -0.383 e. The Morgan fingerprint density at radius 3 is 2.65 bits per heavy atom. The first-order chi connectivity index (χ1) is 7.93. The molecule has 0 aliphatic heterocycles. The Balaban J connectivity index is 2.84. The second-order valence-electron chi connectivity index (χ2n) is 4.32. The summed E-state index contributed by atoms with van der Waals surface area (Å²) < 4.78 is 0. The summed E-state index contributed by atoms with van der Waals surface area (Å²) in [6.45, 7) is 4.21. The molecule has 1 heterocycles. The topological polar surface area (TPSA) is 84.1 Å². The number of nitrogens with two attached hydrogens (primary N) is 1. The molecule has 17 heavy (non-hydrogen) atoms. The fourth-order valence-corrected chi connectivity index (χ4v) is 1.44. The lowest BCUT2D eigenvalue weighted by atomic mass is 10.0. The normalized spacial score (nSPS) is 10.4. The molecule has 0 aromatic carbocycles. The van der Waals surface area contributed by atoms with E-state index in [1.165, 1.54) is 11.2 Å². The van der Waals surface area contributed by atoms with Gasteiger partial charge in [0, 0.05) is 19.7 Å². The smallest absolute Gasteiger partial charge is 0.241 e. The molecular weight excluding hydrogens is 218 g/mol. The molecule has 1 aromatic heterocycles. The summed E-state index contributed by atoms with van der Waals surface area (Å²) in [5, 5.41) is 2.99. The van der Waals surface area contributed by atoms with Gasteiger partial charge in [0.15, 0.2) is 0 Å². The van der Waals surface area contributed by atoms with Crippen molar-refractivity contribution in [1.29, 1.82) is 0 Å². The Labute approximate surface area is 101 Å². The van der Waals surface area contributed by atoms with Crippen LogP contribution in [-0.2, 0) is 4.79 Å². The van der Waals surface area contributed by atoms with Gasteiger partial charge in [-0.3, -0.25) is 4.79 Å². The highest BCUT2D eigenvalue weighted by molar-refractivity contribution is 5.80. The summed E-state index contributed by atoms with van der Waals surface area (Å²) >= 11 is 0. The van der Waals surface area contributed by atoms with Crippen molar-refractivity contribution in [2.45, 2.75) is 19.8 Å². The minimum atomic E-state index is -0.0168. The third-order valence-corrected chi connectivity index (χ3v) is 2.40. The Morgan fingerprint density at radius 1 is 1.47 bits per heavy atom. The van der Waals surface area contributed by atoms with E-state index in [4.69, 9.17) is 5.73 Å². The fraction of sp³-hybridized carbons (Fsp3) is 0.545. The molecule has 1 amide bonds. The molecule has 6 heteroatoms. The predicted octanol–water partition coefficient (Wildman–Crippen LogP) is 0.682. The number of amides is 1. The van der Waals surface area contributed by atoms with Crippen molar-refractivity contribution in [3.05, 3.63) is 11.9 Å². The summed E-state index contributed by atoms with van der Waals surface area (Å²) in [4.78, 5) is 21.1. The number of nitrogens with zero attached hydrogens (tertiary/aromatic N) is 3. The van der Waals surface area contributed by atoms with E-state index in [9.17, 15) is 4.79 Å². The number of aromatic nitrogens is 2. The molecule has 0 bridgehead atoms. The zero-order valence-electron chi connectivity index (χ0n) is 10.7. The van der Waals surface area contributed by atoms with Crippen molar-refractivity contribution in [2.75, 3.05) is 31.7 Å². The molecule has 0 aliphatic carbocycles. The van der Waals surface area contributed by atoms with Gasteiger partial charge in [-0.25, -0.2) is 9.97 Å². The first-order valence-electron chi connectivity index (χ1n) is 5.47. The lowest BCUT2D eigenvalue weighted by molar-refractivity contribution is -0.126.